The van der Waals surface area contributed by atoms with Crippen LogP contribution in [0.1, 0.15) is 47.5 Å². The van der Waals surface area contributed by atoms with E-state index in [1.807, 2.05) is 0 Å². The fraction of sp³-hybridized carbons (Fsp3) is 0.769. The number of rotatable bonds is 1. The molecule has 1 unspecified atom stereocenters. The van der Waals surface area contributed by atoms with E-state index in [0.29, 0.717) is 19.4 Å². The number of carbonyl (C=O) groups is 3. The first kappa shape index (κ1) is 15.5. The van der Waals surface area contributed by atoms with Gasteiger partial charge in [0.15, 0.2) is 6.04 Å². The molecule has 0 aliphatic carbocycles. The van der Waals surface area contributed by atoms with E-state index in [0.717, 1.165) is 0 Å². The van der Waals surface area contributed by atoms with Gasteiger partial charge in [0.25, 0.3) is 0 Å². The van der Waals surface area contributed by atoms with Crippen LogP contribution < -0.4 is 0 Å². The van der Waals surface area contributed by atoms with Crippen molar-refractivity contribution in [3.05, 3.63) is 0 Å². The Morgan fingerprint density at radius 2 is 1.68 bits per heavy atom. The van der Waals surface area contributed by atoms with Crippen molar-refractivity contribution in [3.63, 3.8) is 0 Å². The van der Waals surface area contributed by atoms with Gasteiger partial charge in [0.05, 0.1) is 0 Å². The highest BCUT2D eigenvalue weighted by atomic mass is 16.6. The van der Waals surface area contributed by atoms with Gasteiger partial charge in [0, 0.05) is 20.4 Å². The molecule has 108 valence electrons. The molecule has 1 aliphatic heterocycles. The second kappa shape index (κ2) is 5.59. The molecule has 6 heteroatoms. The number of carbonyl (C=O) groups excluding carboxylic acids is 3. The van der Waals surface area contributed by atoms with Crippen molar-refractivity contribution >= 4 is 17.8 Å². The lowest BCUT2D eigenvalue weighted by molar-refractivity contribution is -0.187. The van der Waals surface area contributed by atoms with Gasteiger partial charge in [-0.25, -0.2) is 9.80 Å². The molecule has 0 saturated carbocycles. The summed E-state index contributed by atoms with van der Waals surface area (Å²) in [5.74, 6) is -1.04. The molecule has 0 radical (unpaired) electrons. The number of hydrogen-bond acceptors (Lipinski definition) is 4. The number of hydrogen-bond donors (Lipinski definition) is 0. The Bertz CT molecular complexity index is 387. The fourth-order valence-electron chi connectivity index (χ4n) is 2.12. The van der Waals surface area contributed by atoms with Crippen LogP contribution in [0.25, 0.3) is 0 Å². The smallest absolute Gasteiger partial charge is 0.331 e. The summed E-state index contributed by atoms with van der Waals surface area (Å²) in [5.41, 5.74) is -0.613. The van der Waals surface area contributed by atoms with Gasteiger partial charge in [-0.15, -0.1) is 0 Å². The van der Waals surface area contributed by atoms with Crippen molar-refractivity contribution in [1.82, 2.24) is 10.0 Å². The van der Waals surface area contributed by atoms with E-state index in [-0.39, 0.29) is 11.8 Å². The Labute approximate surface area is 113 Å². The first-order valence-corrected chi connectivity index (χ1v) is 6.44. The Balaban J connectivity index is 2.93. The number of hydrazine groups is 1. The van der Waals surface area contributed by atoms with Crippen LogP contribution in [0.15, 0.2) is 0 Å². The van der Waals surface area contributed by atoms with Crippen molar-refractivity contribution in [2.75, 3.05) is 6.54 Å². The van der Waals surface area contributed by atoms with Crippen LogP contribution in [-0.4, -0.2) is 46.0 Å². The average Bonchev–Trinajstić information content (AvgIpc) is 2.25. The maximum absolute atomic E-state index is 12.1. The van der Waals surface area contributed by atoms with E-state index < -0.39 is 17.6 Å². The molecule has 1 atom stereocenters. The molecule has 1 saturated heterocycles. The predicted molar refractivity (Wildman–Crippen MR) is 68.8 cm³/mol. The maximum atomic E-state index is 12.1. The highest BCUT2D eigenvalue weighted by molar-refractivity contribution is 5.86. The third-order valence-corrected chi connectivity index (χ3v) is 2.77. The first-order chi connectivity index (χ1) is 8.63. The van der Waals surface area contributed by atoms with Crippen LogP contribution in [0.2, 0.25) is 0 Å². The van der Waals surface area contributed by atoms with Gasteiger partial charge in [-0.2, -0.15) is 0 Å². The SMILES string of the molecule is CC(=O)N1CCCC(C(=O)OC(C)(C)C)N1C(C)=O. The van der Waals surface area contributed by atoms with Crippen LogP contribution in [0.4, 0.5) is 0 Å². The van der Waals surface area contributed by atoms with Gasteiger partial charge in [0.2, 0.25) is 11.8 Å². The van der Waals surface area contributed by atoms with E-state index in [9.17, 15) is 14.4 Å². The summed E-state index contributed by atoms with van der Waals surface area (Å²) in [6.07, 6.45) is 1.19. The second-order valence-electron chi connectivity index (χ2n) is 5.70. The Morgan fingerprint density at radius 1 is 1.11 bits per heavy atom. The van der Waals surface area contributed by atoms with Gasteiger partial charge in [-0.3, -0.25) is 14.6 Å². The zero-order chi connectivity index (χ0) is 14.8. The molecule has 6 nitrogen and oxygen atoms in total. The van der Waals surface area contributed by atoms with Crippen LogP contribution in [0.3, 0.4) is 0 Å². The molecule has 0 N–H and O–H groups in total. The van der Waals surface area contributed by atoms with E-state index in [1.54, 1.807) is 20.8 Å². The molecule has 1 aliphatic rings. The minimum absolute atomic E-state index is 0.247. The van der Waals surface area contributed by atoms with Crippen molar-refractivity contribution in [2.24, 2.45) is 0 Å². The lowest BCUT2D eigenvalue weighted by atomic mass is 10.1. The Kier molecular flexibility index (Phi) is 4.55. The van der Waals surface area contributed by atoms with Crippen molar-refractivity contribution in [2.45, 2.75) is 59.1 Å². The van der Waals surface area contributed by atoms with E-state index in [1.165, 1.54) is 23.9 Å². The summed E-state index contributed by atoms with van der Waals surface area (Å²) in [5, 5.41) is 2.54. The predicted octanol–water partition coefficient (Wildman–Crippen LogP) is 1.10. The number of amides is 2. The van der Waals surface area contributed by atoms with Gasteiger partial charge >= 0.3 is 5.97 Å². The summed E-state index contributed by atoms with van der Waals surface area (Å²) in [7, 11) is 0. The Hall–Kier alpha value is -1.59. The normalized spacial score (nSPS) is 20.2. The molecule has 1 fully saturated rings. The first-order valence-electron chi connectivity index (χ1n) is 6.44. The van der Waals surface area contributed by atoms with Gasteiger partial charge in [0.1, 0.15) is 5.60 Å². The number of esters is 1. The summed E-state index contributed by atoms with van der Waals surface area (Å²) in [4.78, 5) is 35.4. The van der Waals surface area contributed by atoms with Crippen LogP contribution in [0.5, 0.6) is 0 Å². The minimum atomic E-state index is -0.714. The third kappa shape index (κ3) is 3.94. The topological polar surface area (TPSA) is 66.9 Å². The van der Waals surface area contributed by atoms with Gasteiger partial charge in [-0.05, 0) is 33.6 Å². The molecule has 2 amide bonds. The zero-order valence-electron chi connectivity index (χ0n) is 12.2. The second-order valence-corrected chi connectivity index (χ2v) is 5.70. The lowest BCUT2D eigenvalue weighted by Gasteiger charge is -2.42. The molecule has 19 heavy (non-hydrogen) atoms. The van der Waals surface area contributed by atoms with E-state index in [2.05, 4.69) is 0 Å². The van der Waals surface area contributed by atoms with E-state index in [4.69, 9.17) is 4.74 Å². The van der Waals surface area contributed by atoms with Crippen molar-refractivity contribution in [1.29, 1.82) is 0 Å². The minimum Gasteiger partial charge on any atom is -0.458 e. The summed E-state index contributed by atoms with van der Waals surface area (Å²) < 4.78 is 5.31. The van der Waals surface area contributed by atoms with Crippen molar-refractivity contribution < 1.29 is 19.1 Å². The highest BCUT2D eigenvalue weighted by Gasteiger charge is 2.39. The summed E-state index contributed by atoms with van der Waals surface area (Å²) in [6, 6.07) is -0.714. The molecule has 0 aromatic carbocycles. The maximum Gasteiger partial charge on any atom is 0.331 e. The summed E-state index contributed by atoms with van der Waals surface area (Å²) >= 11 is 0. The monoisotopic (exact) mass is 270 g/mol. The van der Waals surface area contributed by atoms with Crippen molar-refractivity contribution in [3.8, 4) is 0 Å². The molecule has 0 aromatic heterocycles. The van der Waals surface area contributed by atoms with E-state index >= 15 is 0 Å². The van der Waals surface area contributed by atoms with Crippen LogP contribution >= 0.6 is 0 Å². The zero-order valence-corrected chi connectivity index (χ0v) is 12.2. The third-order valence-electron chi connectivity index (χ3n) is 2.77. The fourth-order valence-corrected chi connectivity index (χ4v) is 2.12. The molecule has 1 rings (SSSR count). The van der Waals surface area contributed by atoms with Crippen LogP contribution in [-0.2, 0) is 19.1 Å². The summed E-state index contributed by atoms with van der Waals surface area (Å²) in [6.45, 7) is 8.50. The Morgan fingerprint density at radius 3 is 2.11 bits per heavy atom. The molecule has 0 aromatic rings. The van der Waals surface area contributed by atoms with Crippen LogP contribution in [0, 0.1) is 0 Å². The van der Waals surface area contributed by atoms with Gasteiger partial charge < -0.3 is 4.74 Å². The molecule has 1 heterocycles. The average molecular weight is 270 g/mol. The number of ether oxygens (including phenoxy) is 1. The molecule has 0 bridgehead atoms. The number of nitrogens with zero attached hydrogens (tertiary/aromatic N) is 2. The molecular formula is C13H22N2O4. The quantitative estimate of drug-likeness (QED) is 0.669. The molecule has 0 spiro atoms. The lowest BCUT2D eigenvalue weighted by Crippen LogP contribution is -2.59. The highest BCUT2D eigenvalue weighted by Crippen LogP contribution is 2.22. The standard InChI is InChI=1S/C13H22N2O4/c1-9(16)14-8-6-7-11(15(14)10(2)17)12(18)19-13(3,4)5/h11H,6-8H2,1-5H3. The van der Waals surface area contributed by atoms with Gasteiger partial charge in [-0.1, -0.05) is 0 Å². The molecular weight excluding hydrogens is 248 g/mol. The largest absolute Gasteiger partial charge is 0.458 e.